The number of nitrogens with zero attached hydrogens (tertiary/aromatic N) is 2. The van der Waals surface area contributed by atoms with Gasteiger partial charge in [-0.15, -0.1) is 0 Å². The third kappa shape index (κ3) is 8.44. The van der Waals surface area contributed by atoms with E-state index in [0.717, 1.165) is 11.6 Å². The lowest BCUT2D eigenvalue weighted by molar-refractivity contribution is -0.140. The standard InChI is InChI=1S/C29H41FN4O6S2/c1-20(31-5)27(35)32-26(29(2,3)4)28(36)34-16-7-8-23(34)19-33(17-15-21-11-13-22(30)14-12-21)42(39,40)25-10-6-9-24(18-25)41(37)38/h6,9-14,18,20,23,26,31H,7-8,15-17,19H2,1-5H3,(H,32,35)(H,37,38)/p-1/t20-,23-,26+/m0/s1. The first-order valence-electron chi connectivity index (χ1n) is 13.9. The quantitative estimate of drug-likeness (QED) is 0.346. The first kappa shape index (κ1) is 33.8. The van der Waals surface area contributed by atoms with Crippen molar-refractivity contribution >= 4 is 32.9 Å². The Bertz CT molecular complexity index is 1380. The molecule has 2 aromatic carbocycles. The molecule has 3 rings (SSSR count). The van der Waals surface area contributed by atoms with Crippen LogP contribution in [0.25, 0.3) is 0 Å². The average molecular weight is 624 g/mol. The molecule has 10 nitrogen and oxygen atoms in total. The highest BCUT2D eigenvalue weighted by molar-refractivity contribution is 7.89. The van der Waals surface area contributed by atoms with Crippen molar-refractivity contribution in [3.05, 3.63) is 59.9 Å². The number of halogens is 1. The van der Waals surface area contributed by atoms with Gasteiger partial charge >= 0.3 is 0 Å². The van der Waals surface area contributed by atoms with Crippen LogP contribution >= 0.6 is 0 Å². The van der Waals surface area contributed by atoms with E-state index in [1.807, 2.05) is 20.8 Å². The molecule has 0 radical (unpaired) electrons. The molecule has 0 saturated carbocycles. The van der Waals surface area contributed by atoms with Crippen LogP contribution < -0.4 is 10.6 Å². The molecular formula is C29H40FN4O6S2-. The maximum absolute atomic E-state index is 13.9. The number of carbonyl (C=O) groups is 2. The minimum Gasteiger partial charge on any atom is -0.768 e. The van der Waals surface area contributed by atoms with Crippen LogP contribution in [-0.2, 0) is 37.1 Å². The number of sulfonamides is 1. The first-order valence-corrected chi connectivity index (χ1v) is 16.4. The molecule has 1 unspecified atom stereocenters. The molecule has 1 saturated heterocycles. The van der Waals surface area contributed by atoms with Crippen LogP contribution in [0.2, 0.25) is 0 Å². The average Bonchev–Trinajstić information content (AvgIpc) is 3.41. The molecule has 232 valence electrons. The number of carbonyl (C=O) groups excluding carboxylic acids is 2. The van der Waals surface area contributed by atoms with Crippen molar-refractivity contribution in [2.45, 2.75) is 74.9 Å². The predicted octanol–water partition coefficient (Wildman–Crippen LogP) is 2.43. The van der Waals surface area contributed by atoms with Gasteiger partial charge < -0.3 is 20.1 Å². The molecule has 2 N–H and O–H groups in total. The van der Waals surface area contributed by atoms with Gasteiger partial charge in [-0.3, -0.25) is 13.8 Å². The summed E-state index contributed by atoms with van der Waals surface area (Å²) in [6.07, 6.45) is 1.48. The lowest BCUT2D eigenvalue weighted by Gasteiger charge is -2.37. The van der Waals surface area contributed by atoms with Gasteiger partial charge in [0.15, 0.2) is 0 Å². The molecule has 1 fully saturated rings. The van der Waals surface area contributed by atoms with Crippen LogP contribution in [0.3, 0.4) is 0 Å². The van der Waals surface area contributed by atoms with Crippen LogP contribution in [0, 0.1) is 11.2 Å². The number of likely N-dealkylation sites (tertiary alicyclic amines) is 1. The van der Waals surface area contributed by atoms with E-state index in [1.165, 1.54) is 34.6 Å². The minimum absolute atomic E-state index is 0.0241. The molecule has 4 atom stereocenters. The van der Waals surface area contributed by atoms with Gasteiger partial charge in [-0.2, -0.15) is 4.31 Å². The van der Waals surface area contributed by atoms with E-state index >= 15 is 0 Å². The summed E-state index contributed by atoms with van der Waals surface area (Å²) in [6, 6.07) is 9.05. The van der Waals surface area contributed by atoms with Crippen LogP contribution in [0.1, 0.15) is 46.1 Å². The summed E-state index contributed by atoms with van der Waals surface area (Å²) in [6.45, 7) is 7.67. The van der Waals surface area contributed by atoms with Crippen molar-refractivity contribution in [1.29, 1.82) is 0 Å². The third-order valence-electron chi connectivity index (χ3n) is 7.50. The Labute approximate surface area is 250 Å². The van der Waals surface area contributed by atoms with Crippen molar-refractivity contribution in [2.24, 2.45) is 5.41 Å². The summed E-state index contributed by atoms with van der Waals surface area (Å²) >= 11 is -2.62. The molecule has 0 bridgehead atoms. The van der Waals surface area contributed by atoms with Crippen LogP contribution in [-0.4, -0.2) is 83.0 Å². The molecule has 2 aromatic rings. The van der Waals surface area contributed by atoms with Gasteiger partial charge in [0.25, 0.3) is 0 Å². The largest absolute Gasteiger partial charge is 0.768 e. The number of benzene rings is 2. The number of rotatable bonds is 12. The van der Waals surface area contributed by atoms with Gasteiger partial charge in [-0.1, -0.05) is 39.0 Å². The number of amides is 2. The van der Waals surface area contributed by atoms with Gasteiger partial charge in [0.1, 0.15) is 11.9 Å². The molecule has 0 aromatic heterocycles. The number of hydrogen-bond donors (Lipinski definition) is 2. The van der Waals surface area contributed by atoms with Crippen molar-refractivity contribution in [3.63, 3.8) is 0 Å². The number of nitrogens with one attached hydrogen (secondary N) is 2. The summed E-state index contributed by atoms with van der Waals surface area (Å²) in [4.78, 5) is 27.9. The number of likely N-dealkylation sites (N-methyl/N-ethyl adjacent to an activating group) is 1. The SMILES string of the molecule is CN[C@@H](C)C(=O)N[C@H](C(=O)N1CCC[C@H]1CN(CCc1ccc(F)cc1)S(=O)(=O)c1cccc(S(=O)[O-])c1)C(C)(C)C. The molecule has 1 heterocycles. The lowest BCUT2D eigenvalue weighted by atomic mass is 9.85. The van der Waals surface area contributed by atoms with Crippen molar-refractivity contribution in [2.75, 3.05) is 26.7 Å². The maximum atomic E-state index is 13.9. The van der Waals surface area contributed by atoms with Crippen LogP contribution in [0.15, 0.2) is 58.3 Å². The molecule has 1 aliphatic rings. The summed E-state index contributed by atoms with van der Waals surface area (Å²) in [5.41, 5.74) is 0.107. The Morgan fingerprint density at radius 2 is 1.86 bits per heavy atom. The van der Waals surface area contributed by atoms with E-state index in [-0.39, 0.29) is 41.1 Å². The highest BCUT2D eigenvalue weighted by Gasteiger charge is 2.41. The zero-order valence-electron chi connectivity index (χ0n) is 24.6. The van der Waals surface area contributed by atoms with Gasteiger partial charge in [0.2, 0.25) is 21.8 Å². The lowest BCUT2D eigenvalue weighted by Crippen LogP contribution is -2.59. The fourth-order valence-electron chi connectivity index (χ4n) is 4.87. The number of hydrogen-bond acceptors (Lipinski definition) is 7. The second-order valence-electron chi connectivity index (χ2n) is 11.6. The summed E-state index contributed by atoms with van der Waals surface area (Å²) in [5.74, 6) is -1.02. The Hall–Kier alpha value is -2.71. The fraction of sp³-hybridized carbons (Fsp3) is 0.517. The first-order chi connectivity index (χ1) is 19.6. The highest BCUT2D eigenvalue weighted by Crippen LogP contribution is 2.28. The van der Waals surface area contributed by atoms with E-state index in [4.69, 9.17) is 0 Å². The van der Waals surface area contributed by atoms with Gasteiger partial charge in [0.05, 0.1) is 10.9 Å². The molecule has 42 heavy (non-hydrogen) atoms. The normalized spacial score (nSPS) is 18.1. The molecule has 2 amide bonds. The zero-order chi connectivity index (χ0) is 31.2. The Kier molecular flexibility index (Phi) is 11.4. The molecular weight excluding hydrogens is 583 g/mol. The van der Waals surface area contributed by atoms with E-state index in [1.54, 1.807) is 31.0 Å². The zero-order valence-corrected chi connectivity index (χ0v) is 26.3. The Morgan fingerprint density at radius 3 is 2.45 bits per heavy atom. The molecule has 0 spiro atoms. The van der Waals surface area contributed by atoms with Gasteiger partial charge in [-0.05, 0) is 85.6 Å². The van der Waals surface area contributed by atoms with Gasteiger partial charge in [-0.25, -0.2) is 12.8 Å². The predicted molar refractivity (Wildman–Crippen MR) is 157 cm³/mol. The van der Waals surface area contributed by atoms with E-state index in [2.05, 4.69) is 10.6 Å². The monoisotopic (exact) mass is 623 g/mol. The summed E-state index contributed by atoms with van der Waals surface area (Å²) < 4.78 is 65.6. The molecule has 13 heteroatoms. The van der Waals surface area contributed by atoms with Crippen LogP contribution in [0.4, 0.5) is 4.39 Å². The van der Waals surface area contributed by atoms with Crippen molar-refractivity contribution < 1.29 is 31.2 Å². The van der Waals surface area contributed by atoms with E-state index in [9.17, 15) is 31.2 Å². The topological polar surface area (TPSA) is 139 Å². The third-order valence-corrected chi connectivity index (χ3v) is 10.00. The van der Waals surface area contributed by atoms with Crippen molar-refractivity contribution in [1.82, 2.24) is 19.8 Å². The summed E-state index contributed by atoms with van der Waals surface area (Å²) in [7, 11) is -2.53. The molecule has 1 aliphatic heterocycles. The second kappa shape index (κ2) is 14.2. The Balaban J connectivity index is 1.92. The van der Waals surface area contributed by atoms with Crippen LogP contribution in [0.5, 0.6) is 0 Å². The highest BCUT2D eigenvalue weighted by atomic mass is 32.2. The summed E-state index contributed by atoms with van der Waals surface area (Å²) in [5, 5.41) is 5.74. The van der Waals surface area contributed by atoms with Crippen molar-refractivity contribution in [3.8, 4) is 0 Å². The maximum Gasteiger partial charge on any atom is 0.245 e. The van der Waals surface area contributed by atoms with E-state index < -0.39 is 50.5 Å². The minimum atomic E-state index is -4.18. The van der Waals surface area contributed by atoms with E-state index in [0.29, 0.717) is 19.4 Å². The van der Waals surface area contributed by atoms with Gasteiger partial charge in [0, 0.05) is 30.6 Å². The smallest absolute Gasteiger partial charge is 0.245 e. The fourth-order valence-corrected chi connectivity index (χ4v) is 6.88. The molecule has 0 aliphatic carbocycles. The second-order valence-corrected chi connectivity index (χ2v) is 14.5. The Morgan fingerprint density at radius 1 is 1.19 bits per heavy atom.